The SMILES string of the molecule is COc1ccccc1N1CCN(Cc2cc3c(-c4ccccc4)nc4ccccc4n3c2)CC1. The summed E-state index contributed by atoms with van der Waals surface area (Å²) in [5, 5.41) is 0. The Morgan fingerprint density at radius 1 is 0.794 bits per heavy atom. The number of rotatable bonds is 5. The average molecular weight is 449 g/mol. The molecule has 0 unspecified atom stereocenters. The molecule has 6 rings (SSSR count). The fraction of sp³-hybridized carbons (Fsp3) is 0.207. The van der Waals surface area contributed by atoms with E-state index < -0.39 is 0 Å². The molecule has 2 aromatic heterocycles. The molecular weight excluding hydrogens is 420 g/mol. The lowest BCUT2D eigenvalue weighted by Crippen LogP contribution is -2.46. The Labute approximate surface area is 199 Å². The molecule has 1 fully saturated rings. The molecule has 0 saturated carbocycles. The number of ether oxygens (including phenoxy) is 1. The van der Waals surface area contributed by atoms with E-state index in [-0.39, 0.29) is 0 Å². The molecule has 0 N–H and O–H groups in total. The van der Waals surface area contributed by atoms with E-state index in [9.17, 15) is 0 Å². The lowest BCUT2D eigenvalue weighted by atomic mass is 10.1. The zero-order valence-electron chi connectivity index (χ0n) is 19.4. The molecule has 0 amide bonds. The molecule has 1 aliphatic rings. The highest BCUT2D eigenvalue weighted by molar-refractivity contribution is 5.88. The first-order valence-electron chi connectivity index (χ1n) is 11.9. The molecule has 5 nitrogen and oxygen atoms in total. The van der Waals surface area contributed by atoms with Crippen molar-refractivity contribution in [2.45, 2.75) is 6.54 Å². The Bertz CT molecular complexity index is 1440. The van der Waals surface area contributed by atoms with Crippen LogP contribution in [0.5, 0.6) is 5.75 Å². The van der Waals surface area contributed by atoms with Crippen LogP contribution in [0.2, 0.25) is 0 Å². The molecule has 0 bridgehead atoms. The maximum atomic E-state index is 5.57. The van der Waals surface area contributed by atoms with Gasteiger partial charge in [-0.2, -0.15) is 0 Å². The topological polar surface area (TPSA) is 33.0 Å². The number of nitrogens with zero attached hydrogens (tertiary/aromatic N) is 4. The van der Waals surface area contributed by atoms with Crippen LogP contribution in [0.1, 0.15) is 5.56 Å². The molecule has 5 heteroatoms. The van der Waals surface area contributed by atoms with E-state index in [1.807, 2.05) is 12.1 Å². The van der Waals surface area contributed by atoms with Crippen molar-refractivity contribution in [2.24, 2.45) is 0 Å². The van der Waals surface area contributed by atoms with Crippen LogP contribution >= 0.6 is 0 Å². The lowest BCUT2D eigenvalue weighted by molar-refractivity contribution is 0.249. The highest BCUT2D eigenvalue weighted by Gasteiger charge is 2.20. The van der Waals surface area contributed by atoms with Gasteiger partial charge >= 0.3 is 0 Å². The number of para-hydroxylation sites is 4. The third-order valence-corrected chi connectivity index (χ3v) is 6.74. The van der Waals surface area contributed by atoms with Crippen molar-refractivity contribution in [1.82, 2.24) is 14.3 Å². The third kappa shape index (κ3) is 3.78. The van der Waals surface area contributed by atoms with Crippen LogP contribution in [0.3, 0.4) is 0 Å². The van der Waals surface area contributed by atoms with E-state index in [1.165, 1.54) is 11.3 Å². The average Bonchev–Trinajstić information content (AvgIpc) is 3.33. The van der Waals surface area contributed by atoms with Crippen molar-refractivity contribution in [3.63, 3.8) is 0 Å². The molecule has 3 heterocycles. The van der Waals surface area contributed by atoms with Gasteiger partial charge in [0.2, 0.25) is 0 Å². The molecule has 1 aliphatic heterocycles. The molecule has 0 spiro atoms. The Kier molecular flexibility index (Phi) is 5.40. The zero-order valence-corrected chi connectivity index (χ0v) is 19.4. The number of anilines is 1. The van der Waals surface area contributed by atoms with E-state index in [1.54, 1.807) is 7.11 Å². The summed E-state index contributed by atoms with van der Waals surface area (Å²) in [6.45, 7) is 4.97. The minimum atomic E-state index is 0.935. The number of hydrogen-bond donors (Lipinski definition) is 0. The van der Waals surface area contributed by atoms with Crippen molar-refractivity contribution in [1.29, 1.82) is 0 Å². The van der Waals surface area contributed by atoms with Crippen LogP contribution in [0.4, 0.5) is 5.69 Å². The summed E-state index contributed by atoms with van der Waals surface area (Å²) in [7, 11) is 1.75. The molecule has 3 aromatic carbocycles. The summed E-state index contributed by atoms with van der Waals surface area (Å²) in [5.41, 5.74) is 8.00. The van der Waals surface area contributed by atoms with Crippen molar-refractivity contribution in [3.8, 4) is 17.0 Å². The molecule has 1 saturated heterocycles. The molecule has 5 aromatic rings. The van der Waals surface area contributed by atoms with Crippen molar-refractivity contribution < 1.29 is 4.74 Å². The van der Waals surface area contributed by atoms with Gasteiger partial charge in [-0.1, -0.05) is 54.6 Å². The molecule has 0 atom stereocenters. The predicted molar refractivity (Wildman–Crippen MR) is 139 cm³/mol. The van der Waals surface area contributed by atoms with Gasteiger partial charge in [0.15, 0.2) is 0 Å². The Hall–Kier alpha value is -3.83. The monoisotopic (exact) mass is 448 g/mol. The maximum absolute atomic E-state index is 5.57. The number of fused-ring (bicyclic) bond motifs is 3. The van der Waals surface area contributed by atoms with Crippen molar-refractivity contribution in [2.75, 3.05) is 38.2 Å². The largest absolute Gasteiger partial charge is 0.495 e. The first kappa shape index (κ1) is 20.8. The molecule has 34 heavy (non-hydrogen) atoms. The lowest BCUT2D eigenvalue weighted by Gasteiger charge is -2.36. The van der Waals surface area contributed by atoms with Crippen LogP contribution in [0, 0.1) is 0 Å². The van der Waals surface area contributed by atoms with Gasteiger partial charge in [-0.05, 0) is 35.9 Å². The highest BCUT2D eigenvalue weighted by atomic mass is 16.5. The number of benzene rings is 3. The molecule has 0 aliphatic carbocycles. The van der Waals surface area contributed by atoms with E-state index in [0.29, 0.717) is 0 Å². The van der Waals surface area contributed by atoms with Gasteiger partial charge in [-0.25, -0.2) is 4.98 Å². The standard InChI is InChI=1S/C29H28N4O/c1-34-28-14-8-7-13-26(28)32-17-15-31(16-18-32)20-22-19-27-29(23-9-3-2-4-10-23)30-24-11-5-6-12-25(24)33(27)21-22/h2-14,19,21H,15-18,20H2,1H3. The first-order valence-corrected chi connectivity index (χ1v) is 11.9. The second kappa shape index (κ2) is 8.84. The van der Waals surface area contributed by atoms with E-state index in [2.05, 4.69) is 93.2 Å². The van der Waals surface area contributed by atoms with Crippen molar-refractivity contribution >= 4 is 22.2 Å². The van der Waals surface area contributed by atoms with E-state index in [0.717, 1.165) is 66.3 Å². The minimum absolute atomic E-state index is 0.935. The van der Waals surface area contributed by atoms with Gasteiger partial charge in [0.05, 0.1) is 35.0 Å². The Morgan fingerprint density at radius 3 is 2.35 bits per heavy atom. The minimum Gasteiger partial charge on any atom is -0.495 e. The smallest absolute Gasteiger partial charge is 0.142 e. The van der Waals surface area contributed by atoms with Gasteiger partial charge < -0.3 is 14.0 Å². The summed E-state index contributed by atoms with van der Waals surface area (Å²) in [4.78, 5) is 10.0. The van der Waals surface area contributed by atoms with Crippen LogP contribution in [0.15, 0.2) is 91.1 Å². The van der Waals surface area contributed by atoms with Gasteiger partial charge in [-0.15, -0.1) is 0 Å². The first-order chi connectivity index (χ1) is 16.8. The number of methoxy groups -OCH3 is 1. The van der Waals surface area contributed by atoms with Crippen LogP contribution in [-0.2, 0) is 6.54 Å². The van der Waals surface area contributed by atoms with Gasteiger partial charge in [-0.3, -0.25) is 4.90 Å². The summed E-state index contributed by atoms with van der Waals surface area (Å²) >= 11 is 0. The summed E-state index contributed by atoms with van der Waals surface area (Å²) in [5.74, 6) is 0.947. The van der Waals surface area contributed by atoms with E-state index in [4.69, 9.17) is 9.72 Å². The van der Waals surface area contributed by atoms with Gasteiger partial charge in [0, 0.05) is 44.5 Å². The predicted octanol–water partition coefficient (Wildman–Crippen LogP) is 5.49. The van der Waals surface area contributed by atoms with Crippen LogP contribution in [0.25, 0.3) is 27.8 Å². The maximum Gasteiger partial charge on any atom is 0.142 e. The van der Waals surface area contributed by atoms with Crippen LogP contribution in [-0.4, -0.2) is 47.6 Å². The number of aromatic nitrogens is 2. The molecule has 170 valence electrons. The second-order valence-corrected chi connectivity index (χ2v) is 8.85. The Balaban J connectivity index is 1.28. The van der Waals surface area contributed by atoms with Gasteiger partial charge in [0.25, 0.3) is 0 Å². The summed E-state index contributed by atoms with van der Waals surface area (Å²) in [6.07, 6.45) is 2.29. The fourth-order valence-electron chi connectivity index (χ4n) is 5.03. The fourth-order valence-corrected chi connectivity index (χ4v) is 5.03. The zero-order chi connectivity index (χ0) is 22.9. The van der Waals surface area contributed by atoms with Crippen molar-refractivity contribution in [3.05, 3.63) is 96.7 Å². The Morgan fingerprint density at radius 2 is 1.53 bits per heavy atom. The quantitative estimate of drug-likeness (QED) is 0.356. The molecule has 0 radical (unpaired) electrons. The van der Waals surface area contributed by atoms with Crippen LogP contribution < -0.4 is 9.64 Å². The highest BCUT2D eigenvalue weighted by Crippen LogP contribution is 2.30. The molecular formula is C29H28N4O. The normalized spacial score (nSPS) is 14.7. The number of piperazine rings is 1. The summed E-state index contributed by atoms with van der Waals surface area (Å²) < 4.78 is 7.88. The second-order valence-electron chi connectivity index (χ2n) is 8.85. The summed E-state index contributed by atoms with van der Waals surface area (Å²) in [6, 6.07) is 29.5. The van der Waals surface area contributed by atoms with E-state index >= 15 is 0 Å². The van der Waals surface area contributed by atoms with Gasteiger partial charge in [0.1, 0.15) is 5.75 Å². The third-order valence-electron chi connectivity index (χ3n) is 6.74. The number of hydrogen-bond acceptors (Lipinski definition) is 4.